The first kappa shape index (κ1) is 17.8. The molecular weight excluding hydrogens is 330 g/mol. The van der Waals surface area contributed by atoms with Gasteiger partial charge in [0.1, 0.15) is 17.7 Å². The molecule has 0 aliphatic carbocycles. The number of nitrogens with one attached hydrogen (secondary N) is 2. The molecular formula is C18H22F2N2O3. The van der Waals surface area contributed by atoms with Gasteiger partial charge in [0.15, 0.2) is 0 Å². The van der Waals surface area contributed by atoms with Gasteiger partial charge in [-0.3, -0.25) is 9.59 Å². The molecule has 2 amide bonds. The van der Waals surface area contributed by atoms with E-state index >= 15 is 0 Å². The number of benzene rings is 1. The van der Waals surface area contributed by atoms with Crippen LogP contribution in [0.15, 0.2) is 18.2 Å². The van der Waals surface area contributed by atoms with E-state index in [1.807, 2.05) is 0 Å². The van der Waals surface area contributed by atoms with Crippen molar-refractivity contribution in [2.45, 2.75) is 43.6 Å². The van der Waals surface area contributed by atoms with Crippen molar-refractivity contribution >= 4 is 11.8 Å². The average Bonchev–Trinajstić information content (AvgIpc) is 2.80. The number of amides is 2. The van der Waals surface area contributed by atoms with Crippen molar-refractivity contribution in [2.24, 2.45) is 0 Å². The molecule has 136 valence electrons. The van der Waals surface area contributed by atoms with Crippen LogP contribution in [0.1, 0.15) is 37.7 Å². The van der Waals surface area contributed by atoms with E-state index in [1.165, 1.54) is 6.07 Å². The first-order chi connectivity index (χ1) is 12.0. The summed E-state index contributed by atoms with van der Waals surface area (Å²) in [6.45, 7) is 1.21. The van der Waals surface area contributed by atoms with E-state index in [0.717, 1.165) is 25.0 Å². The molecule has 0 aromatic heterocycles. The van der Waals surface area contributed by atoms with Crippen LogP contribution in [0.2, 0.25) is 0 Å². The average molecular weight is 352 g/mol. The molecule has 0 spiro atoms. The molecule has 0 saturated carbocycles. The number of rotatable bonds is 3. The molecule has 25 heavy (non-hydrogen) atoms. The molecule has 2 aliphatic rings. The van der Waals surface area contributed by atoms with Crippen LogP contribution in [0, 0.1) is 11.6 Å². The molecule has 2 N–H and O–H groups in total. The maximum absolute atomic E-state index is 14.4. The quantitative estimate of drug-likeness (QED) is 0.872. The van der Waals surface area contributed by atoms with Gasteiger partial charge in [0.25, 0.3) is 0 Å². The molecule has 2 saturated heterocycles. The van der Waals surface area contributed by atoms with Crippen LogP contribution in [-0.2, 0) is 19.7 Å². The summed E-state index contributed by atoms with van der Waals surface area (Å²) in [5, 5.41) is 5.56. The molecule has 1 aromatic carbocycles. The van der Waals surface area contributed by atoms with Gasteiger partial charge in [-0.1, -0.05) is 6.07 Å². The van der Waals surface area contributed by atoms with Crippen LogP contribution in [0.3, 0.4) is 0 Å². The van der Waals surface area contributed by atoms with Gasteiger partial charge >= 0.3 is 0 Å². The zero-order chi connectivity index (χ0) is 17.9. The second kappa shape index (κ2) is 7.47. The van der Waals surface area contributed by atoms with E-state index in [1.54, 1.807) is 0 Å². The van der Waals surface area contributed by atoms with Crippen LogP contribution >= 0.6 is 0 Å². The van der Waals surface area contributed by atoms with Gasteiger partial charge in [-0.25, -0.2) is 8.78 Å². The summed E-state index contributed by atoms with van der Waals surface area (Å²) in [7, 11) is 0. The summed E-state index contributed by atoms with van der Waals surface area (Å²) in [4.78, 5) is 25.2. The smallest absolute Gasteiger partial charge is 0.242 e. The van der Waals surface area contributed by atoms with Gasteiger partial charge < -0.3 is 15.4 Å². The summed E-state index contributed by atoms with van der Waals surface area (Å²) in [5.74, 6) is -2.05. The highest BCUT2D eigenvalue weighted by atomic mass is 19.1. The summed E-state index contributed by atoms with van der Waals surface area (Å²) in [6, 6.07) is 2.64. The van der Waals surface area contributed by atoms with Gasteiger partial charge in [0, 0.05) is 31.4 Å². The minimum Gasteiger partial charge on any atom is -0.381 e. The molecule has 3 rings (SSSR count). The van der Waals surface area contributed by atoms with Crippen molar-refractivity contribution in [3.8, 4) is 0 Å². The fourth-order valence-corrected chi connectivity index (χ4v) is 3.59. The first-order valence-corrected chi connectivity index (χ1v) is 8.65. The molecule has 1 atom stereocenters. The van der Waals surface area contributed by atoms with Crippen LogP contribution < -0.4 is 10.6 Å². The summed E-state index contributed by atoms with van der Waals surface area (Å²) in [6.07, 6.45) is 2.82. The SMILES string of the molecule is O=C1NCCCCC1NC(=O)C1(c2ccc(F)cc2F)CCOCC1. The molecule has 2 heterocycles. The number of hydrogen-bond acceptors (Lipinski definition) is 3. The third-order valence-corrected chi connectivity index (χ3v) is 5.07. The number of halogens is 2. The number of carbonyl (C=O) groups excluding carboxylic acids is 2. The second-order valence-corrected chi connectivity index (χ2v) is 6.63. The number of hydrogen-bond donors (Lipinski definition) is 2. The number of ether oxygens (including phenoxy) is 1. The molecule has 7 heteroatoms. The summed E-state index contributed by atoms with van der Waals surface area (Å²) >= 11 is 0. The molecule has 0 radical (unpaired) electrons. The minimum atomic E-state index is -1.15. The Morgan fingerprint density at radius 2 is 2.00 bits per heavy atom. The second-order valence-electron chi connectivity index (χ2n) is 6.63. The maximum Gasteiger partial charge on any atom is 0.242 e. The third-order valence-electron chi connectivity index (χ3n) is 5.07. The maximum atomic E-state index is 14.4. The lowest BCUT2D eigenvalue weighted by atomic mass is 9.73. The third kappa shape index (κ3) is 3.66. The molecule has 2 fully saturated rings. The van der Waals surface area contributed by atoms with Gasteiger partial charge in [-0.15, -0.1) is 0 Å². The van der Waals surface area contributed by atoms with E-state index in [4.69, 9.17) is 4.74 Å². The van der Waals surface area contributed by atoms with E-state index in [0.29, 0.717) is 26.2 Å². The molecule has 5 nitrogen and oxygen atoms in total. The van der Waals surface area contributed by atoms with Gasteiger partial charge in [-0.2, -0.15) is 0 Å². The van der Waals surface area contributed by atoms with E-state index in [9.17, 15) is 18.4 Å². The highest BCUT2D eigenvalue weighted by molar-refractivity contribution is 5.93. The normalized spacial score (nSPS) is 23.4. The molecule has 1 unspecified atom stereocenters. The van der Waals surface area contributed by atoms with Gasteiger partial charge in [0.05, 0.1) is 5.41 Å². The Labute approximate surface area is 145 Å². The fourth-order valence-electron chi connectivity index (χ4n) is 3.59. The Morgan fingerprint density at radius 3 is 2.72 bits per heavy atom. The Balaban J connectivity index is 1.89. The van der Waals surface area contributed by atoms with Crippen molar-refractivity contribution in [2.75, 3.05) is 19.8 Å². The van der Waals surface area contributed by atoms with Crippen LogP contribution in [0.5, 0.6) is 0 Å². The Morgan fingerprint density at radius 1 is 1.24 bits per heavy atom. The Kier molecular flexibility index (Phi) is 5.32. The van der Waals surface area contributed by atoms with Crippen LogP contribution in [0.25, 0.3) is 0 Å². The predicted molar refractivity (Wildman–Crippen MR) is 86.9 cm³/mol. The lowest BCUT2D eigenvalue weighted by Crippen LogP contribution is -2.54. The monoisotopic (exact) mass is 352 g/mol. The molecule has 0 bridgehead atoms. The molecule has 2 aliphatic heterocycles. The van der Waals surface area contributed by atoms with Crippen LogP contribution in [0.4, 0.5) is 8.78 Å². The van der Waals surface area contributed by atoms with Crippen molar-refractivity contribution in [3.63, 3.8) is 0 Å². The Bertz CT molecular complexity index is 660. The Hall–Kier alpha value is -2.02. The topological polar surface area (TPSA) is 67.4 Å². The molecule has 1 aromatic rings. The lowest BCUT2D eigenvalue weighted by Gasteiger charge is -2.37. The van der Waals surface area contributed by atoms with E-state index < -0.39 is 29.0 Å². The zero-order valence-corrected chi connectivity index (χ0v) is 13.9. The predicted octanol–water partition coefficient (Wildman–Crippen LogP) is 1.80. The summed E-state index contributed by atoms with van der Waals surface area (Å²) < 4.78 is 33.0. The van der Waals surface area contributed by atoms with Gasteiger partial charge in [0.2, 0.25) is 11.8 Å². The minimum absolute atomic E-state index is 0.156. The van der Waals surface area contributed by atoms with Crippen LogP contribution in [-0.4, -0.2) is 37.6 Å². The first-order valence-electron chi connectivity index (χ1n) is 8.65. The summed E-state index contributed by atoms with van der Waals surface area (Å²) in [5.41, 5.74) is -0.994. The van der Waals surface area contributed by atoms with Crippen molar-refractivity contribution in [3.05, 3.63) is 35.4 Å². The number of carbonyl (C=O) groups is 2. The van der Waals surface area contributed by atoms with Gasteiger partial charge in [-0.05, 0) is 38.2 Å². The van der Waals surface area contributed by atoms with E-state index in [-0.39, 0.29) is 24.3 Å². The largest absolute Gasteiger partial charge is 0.381 e. The van der Waals surface area contributed by atoms with Crippen molar-refractivity contribution < 1.29 is 23.1 Å². The highest BCUT2D eigenvalue weighted by Gasteiger charge is 2.44. The van der Waals surface area contributed by atoms with E-state index in [2.05, 4.69) is 10.6 Å². The highest BCUT2D eigenvalue weighted by Crippen LogP contribution is 2.37. The lowest BCUT2D eigenvalue weighted by molar-refractivity contribution is -0.135. The zero-order valence-electron chi connectivity index (χ0n) is 13.9. The standard InChI is InChI=1S/C18H22F2N2O3/c19-12-4-5-13(14(20)11-12)18(6-9-25-10-7-18)17(24)22-15-3-1-2-8-21-16(15)23/h4-5,11,15H,1-3,6-10H2,(H,21,23)(H,22,24). The van der Waals surface area contributed by atoms with Crippen molar-refractivity contribution in [1.29, 1.82) is 0 Å². The van der Waals surface area contributed by atoms with Crippen molar-refractivity contribution in [1.82, 2.24) is 10.6 Å². The fraction of sp³-hybridized carbons (Fsp3) is 0.556.